The highest BCUT2D eigenvalue weighted by Crippen LogP contribution is 2.21. The molecule has 1 unspecified atom stereocenters. The first kappa shape index (κ1) is 24.8. The van der Waals surface area contributed by atoms with Crippen LogP contribution in [0.5, 0.6) is 0 Å². The summed E-state index contributed by atoms with van der Waals surface area (Å²) in [6.07, 6.45) is 23.1. The van der Waals surface area contributed by atoms with Gasteiger partial charge in [0.1, 0.15) is 19.3 Å². The number of unbranched alkanes of at least 4 members (excludes halogenated alkanes) is 13. The van der Waals surface area contributed by atoms with Crippen molar-refractivity contribution in [1.82, 2.24) is 0 Å². The summed E-state index contributed by atoms with van der Waals surface area (Å²) in [6, 6.07) is 0. The highest BCUT2D eigenvalue weighted by Gasteiger charge is 2.34. The van der Waals surface area contributed by atoms with E-state index >= 15 is 0 Å². The fourth-order valence-corrected chi connectivity index (χ4v) is 4.10. The van der Waals surface area contributed by atoms with E-state index in [-0.39, 0.29) is 11.0 Å². The van der Waals surface area contributed by atoms with E-state index in [1.54, 1.807) is 6.20 Å². The Morgan fingerprint density at radius 1 is 0.929 bits per heavy atom. The number of nitrogens with two attached hydrogens (primary N) is 1. The Hall–Kier alpha value is -1.20. The maximum absolute atomic E-state index is 11.1. The van der Waals surface area contributed by atoms with Gasteiger partial charge in [0.15, 0.2) is 0 Å². The molecule has 0 saturated heterocycles. The number of aliphatic carboxylic acids is 1. The molecule has 0 aromatic carbocycles. The van der Waals surface area contributed by atoms with Crippen molar-refractivity contribution in [3.63, 3.8) is 0 Å². The van der Waals surface area contributed by atoms with Gasteiger partial charge in [-0.15, -0.1) is 0 Å². The van der Waals surface area contributed by atoms with E-state index in [0.717, 1.165) is 18.7 Å². The number of amidine groups is 1. The number of quaternary nitrogens is 1. The number of hydrogen-bond acceptors (Lipinski definition) is 4. The zero-order valence-corrected chi connectivity index (χ0v) is 18.2. The minimum atomic E-state index is -1.05. The van der Waals surface area contributed by atoms with Crippen molar-refractivity contribution < 1.29 is 14.4 Å². The summed E-state index contributed by atoms with van der Waals surface area (Å²) in [7, 11) is 0. The number of carboxylic acids is 1. The van der Waals surface area contributed by atoms with Crippen molar-refractivity contribution >= 4 is 11.8 Å². The van der Waals surface area contributed by atoms with Crippen LogP contribution in [0.2, 0.25) is 0 Å². The minimum absolute atomic E-state index is 0.0643. The van der Waals surface area contributed by atoms with Gasteiger partial charge in [-0.2, -0.15) is 0 Å². The first-order valence-corrected chi connectivity index (χ1v) is 11.7. The molecule has 0 aliphatic carbocycles. The van der Waals surface area contributed by atoms with Crippen LogP contribution in [0.4, 0.5) is 0 Å². The lowest BCUT2D eigenvalue weighted by Gasteiger charge is -2.32. The quantitative estimate of drug-likeness (QED) is 0.263. The average Bonchev–Trinajstić information content (AvgIpc) is 3.03. The third kappa shape index (κ3) is 10.4. The molecule has 0 amide bonds. The number of rotatable bonds is 19. The Balaban J connectivity index is 2.01. The fourth-order valence-electron chi connectivity index (χ4n) is 4.10. The second-order valence-corrected chi connectivity index (χ2v) is 8.27. The van der Waals surface area contributed by atoms with Gasteiger partial charge in [-0.05, 0) is 6.42 Å². The molecule has 5 heteroatoms. The Morgan fingerprint density at radius 2 is 1.43 bits per heavy atom. The van der Waals surface area contributed by atoms with Crippen LogP contribution in [-0.4, -0.2) is 35.9 Å². The van der Waals surface area contributed by atoms with Crippen LogP contribution >= 0.6 is 0 Å². The number of carboxylic acid groups (broad SMARTS) is 1. The van der Waals surface area contributed by atoms with Crippen molar-refractivity contribution in [2.45, 2.75) is 103 Å². The molecular formula is C23H43N3O2. The van der Waals surface area contributed by atoms with E-state index in [2.05, 4.69) is 11.9 Å². The maximum atomic E-state index is 11.1. The van der Waals surface area contributed by atoms with Crippen LogP contribution in [0, 0.1) is 0 Å². The highest BCUT2D eigenvalue weighted by atomic mass is 16.4. The summed E-state index contributed by atoms with van der Waals surface area (Å²) in [5.41, 5.74) is 5.69. The van der Waals surface area contributed by atoms with Gasteiger partial charge in [-0.1, -0.05) is 90.4 Å². The second-order valence-electron chi connectivity index (χ2n) is 8.27. The largest absolute Gasteiger partial charge is 0.544 e. The monoisotopic (exact) mass is 393 g/mol. The Morgan fingerprint density at radius 3 is 1.89 bits per heavy atom. The molecule has 2 N–H and O–H groups in total. The molecule has 0 saturated carbocycles. The van der Waals surface area contributed by atoms with Gasteiger partial charge in [0, 0.05) is 13.0 Å². The summed E-state index contributed by atoms with van der Waals surface area (Å²) in [4.78, 5) is 15.5. The third-order valence-corrected chi connectivity index (χ3v) is 5.78. The summed E-state index contributed by atoms with van der Waals surface area (Å²) < 4.78 is 0.247. The van der Waals surface area contributed by atoms with E-state index in [1.807, 2.05) is 6.20 Å². The van der Waals surface area contributed by atoms with Gasteiger partial charge < -0.3 is 15.6 Å². The van der Waals surface area contributed by atoms with E-state index in [1.165, 1.54) is 83.5 Å². The summed E-state index contributed by atoms with van der Waals surface area (Å²) in [5.74, 6) is -0.123. The predicted octanol–water partition coefficient (Wildman–Crippen LogP) is 4.27. The van der Waals surface area contributed by atoms with Gasteiger partial charge in [0.2, 0.25) is 5.84 Å². The zero-order valence-electron chi connectivity index (χ0n) is 18.2. The molecular weight excluding hydrogens is 350 g/mol. The molecule has 0 radical (unpaired) electrons. The molecule has 0 fully saturated rings. The smallest absolute Gasteiger partial charge is 0.207 e. The van der Waals surface area contributed by atoms with Crippen LogP contribution < -0.4 is 10.8 Å². The normalized spacial score (nSPS) is 18.6. The lowest BCUT2D eigenvalue weighted by molar-refractivity contribution is -0.780. The number of nitrogens with zero attached hydrogens (tertiary/aromatic N) is 2. The standard InChI is InChI=1S/C23H43N3O2/c1-2-3-4-5-6-7-8-9-10-11-12-13-14-15-16-22-25-18-20-26(22,19-17-24)21-23(27)28/h18,20H,2-17,19,21,24H2,1H3. The highest BCUT2D eigenvalue weighted by molar-refractivity contribution is 5.80. The van der Waals surface area contributed by atoms with Gasteiger partial charge in [-0.3, -0.25) is 0 Å². The average molecular weight is 394 g/mol. The summed E-state index contributed by atoms with van der Waals surface area (Å²) in [6.45, 7) is 3.22. The van der Waals surface area contributed by atoms with E-state index in [0.29, 0.717) is 13.1 Å². The zero-order chi connectivity index (χ0) is 20.5. The van der Waals surface area contributed by atoms with Crippen LogP contribution in [0.25, 0.3) is 0 Å². The fraction of sp³-hybridized carbons (Fsp3) is 0.826. The van der Waals surface area contributed by atoms with Crippen LogP contribution in [0.1, 0.15) is 103 Å². The summed E-state index contributed by atoms with van der Waals surface area (Å²) >= 11 is 0. The number of aliphatic imine (C=N–C) groups is 1. The van der Waals surface area contributed by atoms with E-state index in [9.17, 15) is 9.90 Å². The first-order valence-electron chi connectivity index (χ1n) is 11.7. The molecule has 1 atom stereocenters. The predicted molar refractivity (Wildman–Crippen MR) is 116 cm³/mol. The number of hydrogen-bond donors (Lipinski definition) is 1. The lowest BCUT2D eigenvalue weighted by Crippen LogP contribution is -2.55. The third-order valence-electron chi connectivity index (χ3n) is 5.78. The maximum Gasteiger partial charge on any atom is 0.207 e. The molecule has 0 aromatic rings. The first-order chi connectivity index (χ1) is 13.6. The van der Waals surface area contributed by atoms with Gasteiger partial charge in [-0.25, -0.2) is 9.48 Å². The van der Waals surface area contributed by atoms with Crippen molar-refractivity contribution in [2.24, 2.45) is 10.7 Å². The SMILES string of the molecule is CCCCCCCCCCCCCCCCC1=NC=C[N+]1(CCN)CC(=O)[O-]. The Labute approximate surface area is 172 Å². The Bertz CT molecular complexity index is 476. The molecule has 0 spiro atoms. The van der Waals surface area contributed by atoms with Crippen molar-refractivity contribution in [1.29, 1.82) is 0 Å². The van der Waals surface area contributed by atoms with Crippen LogP contribution in [-0.2, 0) is 4.79 Å². The van der Waals surface area contributed by atoms with Crippen molar-refractivity contribution in [3.05, 3.63) is 12.4 Å². The van der Waals surface area contributed by atoms with Crippen LogP contribution in [0.3, 0.4) is 0 Å². The van der Waals surface area contributed by atoms with Gasteiger partial charge in [0.25, 0.3) is 0 Å². The molecule has 0 bridgehead atoms. The molecule has 0 aromatic heterocycles. The molecule has 5 nitrogen and oxygen atoms in total. The molecule has 1 aliphatic rings. The molecule has 162 valence electrons. The number of carbonyl (C=O) groups is 1. The van der Waals surface area contributed by atoms with Gasteiger partial charge in [0.05, 0.1) is 12.2 Å². The number of carbonyl (C=O) groups excluding carboxylic acids is 1. The lowest BCUT2D eigenvalue weighted by atomic mass is 10.0. The minimum Gasteiger partial charge on any atom is -0.544 e. The molecule has 1 aliphatic heterocycles. The van der Waals surface area contributed by atoms with E-state index < -0.39 is 5.97 Å². The molecule has 28 heavy (non-hydrogen) atoms. The second kappa shape index (κ2) is 15.7. The Kier molecular flexibility index (Phi) is 13.9. The van der Waals surface area contributed by atoms with Crippen molar-refractivity contribution in [3.8, 4) is 0 Å². The van der Waals surface area contributed by atoms with E-state index in [4.69, 9.17) is 5.73 Å². The van der Waals surface area contributed by atoms with Crippen molar-refractivity contribution in [2.75, 3.05) is 19.6 Å². The van der Waals surface area contributed by atoms with Gasteiger partial charge >= 0.3 is 0 Å². The van der Waals surface area contributed by atoms with Crippen LogP contribution in [0.15, 0.2) is 17.4 Å². The molecule has 1 heterocycles. The summed E-state index contributed by atoms with van der Waals surface area (Å²) in [5, 5.41) is 11.1. The topological polar surface area (TPSA) is 78.5 Å². The molecule has 1 rings (SSSR count).